The molecule has 1 saturated heterocycles. The van der Waals surface area contributed by atoms with Crippen LogP contribution in [0.2, 0.25) is 0 Å². The summed E-state index contributed by atoms with van der Waals surface area (Å²) in [6.07, 6.45) is 1.05. The Balaban J connectivity index is 1.74. The van der Waals surface area contributed by atoms with E-state index in [4.69, 9.17) is 5.73 Å². The van der Waals surface area contributed by atoms with Gasteiger partial charge in [-0.05, 0) is 43.0 Å². The van der Waals surface area contributed by atoms with E-state index in [1.807, 2.05) is 43.3 Å². The Morgan fingerprint density at radius 1 is 1.23 bits per heavy atom. The van der Waals surface area contributed by atoms with Gasteiger partial charge in [0.05, 0.1) is 17.5 Å². The van der Waals surface area contributed by atoms with Gasteiger partial charge < -0.3 is 11.1 Å². The van der Waals surface area contributed by atoms with Gasteiger partial charge in [-0.25, -0.2) is 8.42 Å². The maximum absolute atomic E-state index is 12.4. The Labute approximate surface area is 154 Å². The maximum atomic E-state index is 12.4. The van der Waals surface area contributed by atoms with Crippen LogP contribution in [0.4, 0.5) is 11.4 Å². The van der Waals surface area contributed by atoms with Crippen molar-refractivity contribution >= 4 is 27.3 Å². The fourth-order valence-corrected chi connectivity index (χ4v) is 4.68. The van der Waals surface area contributed by atoms with Crippen LogP contribution in [0, 0.1) is 6.92 Å². The lowest BCUT2D eigenvalue weighted by atomic mass is 10.1. The molecule has 1 atom stereocenters. The monoisotopic (exact) mass is 373 g/mol. The minimum atomic E-state index is -3.27. The molecule has 7 heteroatoms. The van der Waals surface area contributed by atoms with Crippen LogP contribution in [-0.2, 0) is 21.2 Å². The third kappa shape index (κ3) is 4.05. The SMILES string of the molecule is Cc1ccc(NC(=O)[C@@H](N)Cc2ccccc2)cc1N1CCCS1(=O)=O. The molecule has 3 rings (SSSR count). The maximum Gasteiger partial charge on any atom is 0.241 e. The van der Waals surface area contributed by atoms with Crippen LogP contribution in [-0.4, -0.2) is 32.7 Å². The number of amides is 1. The molecular formula is C19H23N3O3S. The molecule has 6 nitrogen and oxygen atoms in total. The fraction of sp³-hybridized carbons (Fsp3) is 0.316. The molecular weight excluding hydrogens is 350 g/mol. The van der Waals surface area contributed by atoms with Gasteiger partial charge in [0, 0.05) is 12.2 Å². The number of carbonyl (C=O) groups excluding carboxylic acids is 1. The second kappa shape index (κ2) is 7.47. The number of nitrogens with one attached hydrogen (secondary N) is 1. The van der Waals surface area contributed by atoms with Crippen molar-refractivity contribution in [1.82, 2.24) is 0 Å². The lowest BCUT2D eigenvalue weighted by Crippen LogP contribution is -2.37. The fourth-order valence-electron chi connectivity index (χ4n) is 3.06. The Kier molecular flexibility index (Phi) is 5.29. The van der Waals surface area contributed by atoms with Crippen molar-refractivity contribution in [2.75, 3.05) is 21.9 Å². The molecule has 1 fully saturated rings. The highest BCUT2D eigenvalue weighted by Gasteiger charge is 2.29. The minimum absolute atomic E-state index is 0.158. The van der Waals surface area contributed by atoms with Crippen LogP contribution in [0.1, 0.15) is 17.5 Å². The predicted molar refractivity (Wildman–Crippen MR) is 104 cm³/mol. The van der Waals surface area contributed by atoms with Gasteiger partial charge >= 0.3 is 0 Å². The Bertz CT molecular complexity index is 898. The van der Waals surface area contributed by atoms with Crippen LogP contribution in [0.3, 0.4) is 0 Å². The largest absolute Gasteiger partial charge is 0.325 e. The summed E-state index contributed by atoms with van der Waals surface area (Å²) in [5.41, 5.74) is 9.00. The van der Waals surface area contributed by atoms with E-state index in [0.717, 1.165) is 11.1 Å². The number of anilines is 2. The van der Waals surface area contributed by atoms with Crippen molar-refractivity contribution in [2.45, 2.75) is 25.8 Å². The van der Waals surface area contributed by atoms with E-state index in [1.165, 1.54) is 4.31 Å². The van der Waals surface area contributed by atoms with Gasteiger partial charge in [0.1, 0.15) is 0 Å². The van der Waals surface area contributed by atoms with Gasteiger partial charge in [0.15, 0.2) is 0 Å². The van der Waals surface area contributed by atoms with Crippen molar-refractivity contribution in [3.05, 3.63) is 59.7 Å². The van der Waals surface area contributed by atoms with Crippen LogP contribution >= 0.6 is 0 Å². The molecule has 1 aliphatic heterocycles. The van der Waals surface area contributed by atoms with E-state index in [-0.39, 0.29) is 11.7 Å². The summed E-state index contributed by atoms with van der Waals surface area (Å²) < 4.78 is 25.8. The zero-order valence-corrected chi connectivity index (χ0v) is 15.5. The highest BCUT2D eigenvalue weighted by Crippen LogP contribution is 2.30. The number of benzene rings is 2. The average Bonchev–Trinajstić information content (AvgIpc) is 2.96. The number of sulfonamides is 1. The summed E-state index contributed by atoms with van der Waals surface area (Å²) >= 11 is 0. The number of nitrogens with zero attached hydrogens (tertiary/aromatic N) is 1. The van der Waals surface area contributed by atoms with Crippen molar-refractivity contribution in [3.8, 4) is 0 Å². The first-order chi connectivity index (χ1) is 12.4. The zero-order valence-electron chi connectivity index (χ0n) is 14.7. The number of nitrogens with two attached hydrogens (primary N) is 1. The normalized spacial score (nSPS) is 17.1. The predicted octanol–water partition coefficient (Wildman–Crippen LogP) is 2.04. The third-order valence-electron chi connectivity index (χ3n) is 4.48. The molecule has 1 heterocycles. The van der Waals surface area contributed by atoms with Crippen LogP contribution < -0.4 is 15.4 Å². The molecule has 1 aliphatic rings. The molecule has 1 amide bonds. The van der Waals surface area contributed by atoms with Gasteiger partial charge in [-0.3, -0.25) is 9.10 Å². The molecule has 26 heavy (non-hydrogen) atoms. The molecule has 0 unspecified atom stereocenters. The molecule has 0 radical (unpaired) electrons. The number of aryl methyl sites for hydroxylation is 1. The van der Waals surface area contributed by atoms with Gasteiger partial charge in [-0.15, -0.1) is 0 Å². The van der Waals surface area contributed by atoms with Crippen LogP contribution in [0.25, 0.3) is 0 Å². The number of carbonyl (C=O) groups is 1. The summed E-state index contributed by atoms with van der Waals surface area (Å²) in [6, 6.07) is 14.2. The summed E-state index contributed by atoms with van der Waals surface area (Å²) in [6.45, 7) is 2.32. The van der Waals surface area contributed by atoms with Crippen LogP contribution in [0.15, 0.2) is 48.5 Å². The molecule has 138 valence electrons. The first-order valence-electron chi connectivity index (χ1n) is 8.58. The minimum Gasteiger partial charge on any atom is -0.325 e. The Morgan fingerprint density at radius 3 is 2.62 bits per heavy atom. The van der Waals surface area contributed by atoms with E-state index >= 15 is 0 Å². The molecule has 2 aromatic rings. The quantitative estimate of drug-likeness (QED) is 0.839. The van der Waals surface area contributed by atoms with E-state index in [1.54, 1.807) is 12.1 Å². The van der Waals surface area contributed by atoms with Crippen molar-refractivity contribution in [3.63, 3.8) is 0 Å². The summed E-state index contributed by atoms with van der Waals surface area (Å²) in [7, 11) is -3.27. The second-order valence-electron chi connectivity index (χ2n) is 6.53. The molecule has 3 N–H and O–H groups in total. The van der Waals surface area contributed by atoms with E-state index in [9.17, 15) is 13.2 Å². The number of hydrogen-bond donors (Lipinski definition) is 2. The van der Waals surface area contributed by atoms with Gasteiger partial charge in [-0.1, -0.05) is 36.4 Å². The molecule has 0 bridgehead atoms. The van der Waals surface area contributed by atoms with Gasteiger partial charge in [0.25, 0.3) is 0 Å². The Hall–Kier alpha value is -2.38. The van der Waals surface area contributed by atoms with Crippen LogP contribution in [0.5, 0.6) is 0 Å². The highest BCUT2D eigenvalue weighted by molar-refractivity contribution is 7.93. The Morgan fingerprint density at radius 2 is 1.96 bits per heavy atom. The van der Waals surface area contributed by atoms with Gasteiger partial charge in [0.2, 0.25) is 15.9 Å². The standard InChI is InChI=1S/C19H23N3O3S/c1-14-8-9-16(13-18(14)22-10-5-11-26(22,24)25)21-19(23)17(20)12-15-6-3-2-4-7-15/h2-4,6-9,13,17H,5,10-12,20H2,1H3,(H,21,23)/t17-/m0/s1. The molecule has 0 saturated carbocycles. The smallest absolute Gasteiger partial charge is 0.241 e. The zero-order chi connectivity index (χ0) is 18.7. The van der Waals surface area contributed by atoms with Crippen molar-refractivity contribution in [2.24, 2.45) is 5.73 Å². The molecule has 0 aromatic heterocycles. The molecule has 0 spiro atoms. The second-order valence-corrected chi connectivity index (χ2v) is 8.54. The van der Waals surface area contributed by atoms with E-state index < -0.39 is 16.1 Å². The average molecular weight is 373 g/mol. The van der Waals surface area contributed by atoms with E-state index in [0.29, 0.717) is 30.8 Å². The van der Waals surface area contributed by atoms with Crippen molar-refractivity contribution in [1.29, 1.82) is 0 Å². The lowest BCUT2D eigenvalue weighted by molar-refractivity contribution is -0.117. The summed E-state index contributed by atoms with van der Waals surface area (Å²) in [4.78, 5) is 12.4. The summed E-state index contributed by atoms with van der Waals surface area (Å²) in [5, 5.41) is 2.79. The molecule has 0 aliphatic carbocycles. The highest BCUT2D eigenvalue weighted by atomic mass is 32.2. The first-order valence-corrected chi connectivity index (χ1v) is 10.2. The van der Waals surface area contributed by atoms with Gasteiger partial charge in [-0.2, -0.15) is 0 Å². The van der Waals surface area contributed by atoms with E-state index in [2.05, 4.69) is 5.32 Å². The topological polar surface area (TPSA) is 92.5 Å². The van der Waals surface area contributed by atoms with Crippen molar-refractivity contribution < 1.29 is 13.2 Å². The lowest BCUT2D eigenvalue weighted by Gasteiger charge is -2.21. The number of hydrogen-bond acceptors (Lipinski definition) is 4. The third-order valence-corrected chi connectivity index (χ3v) is 6.34. The summed E-state index contributed by atoms with van der Waals surface area (Å²) in [5.74, 6) is -0.140. The number of rotatable bonds is 5. The first kappa shape index (κ1) is 18.4. The molecule has 2 aromatic carbocycles.